The van der Waals surface area contributed by atoms with E-state index in [0.29, 0.717) is 5.88 Å². The van der Waals surface area contributed by atoms with Crippen molar-refractivity contribution in [2.45, 2.75) is 12.8 Å². The van der Waals surface area contributed by atoms with Gasteiger partial charge in [0.1, 0.15) is 0 Å². The zero-order chi connectivity index (χ0) is 10.1. The van der Waals surface area contributed by atoms with E-state index in [1.54, 1.807) is 11.3 Å². The summed E-state index contributed by atoms with van der Waals surface area (Å²) in [5.74, 6) is 0.517. The summed E-state index contributed by atoms with van der Waals surface area (Å²) in [5.41, 5.74) is 1.95. The number of benzene rings is 1. The maximum atomic E-state index is 10.8. The lowest BCUT2D eigenvalue weighted by Gasteiger charge is -1.93. The monoisotopic (exact) mass is 224 g/mol. The summed E-state index contributed by atoms with van der Waals surface area (Å²) in [5, 5.41) is 1.15. The Hall–Kier alpha value is -0.860. The van der Waals surface area contributed by atoms with E-state index >= 15 is 0 Å². The Bertz CT molecular complexity index is 487. The van der Waals surface area contributed by atoms with Crippen LogP contribution in [0.1, 0.15) is 20.8 Å². The number of carbonyl (C=O) groups is 1. The van der Waals surface area contributed by atoms with Crippen LogP contribution >= 0.6 is 22.9 Å². The molecule has 0 saturated carbocycles. The number of carbonyl (C=O) groups excluding carboxylic acids is 1. The normalized spacial score (nSPS) is 10.7. The lowest BCUT2D eigenvalue weighted by atomic mass is 10.1. The molecule has 0 unspecified atom stereocenters. The minimum Gasteiger partial charge on any atom is -0.298 e. The molecule has 0 radical (unpaired) electrons. The van der Waals surface area contributed by atoms with Gasteiger partial charge in [0.15, 0.2) is 6.29 Å². The van der Waals surface area contributed by atoms with Gasteiger partial charge in [0.25, 0.3) is 0 Å². The van der Waals surface area contributed by atoms with Crippen LogP contribution in [0.25, 0.3) is 10.1 Å². The van der Waals surface area contributed by atoms with Crippen LogP contribution in [-0.2, 0) is 5.88 Å². The highest BCUT2D eigenvalue weighted by atomic mass is 35.5. The topological polar surface area (TPSA) is 17.1 Å². The van der Waals surface area contributed by atoms with Gasteiger partial charge in [0, 0.05) is 15.1 Å². The van der Waals surface area contributed by atoms with Crippen LogP contribution < -0.4 is 0 Å². The largest absolute Gasteiger partial charge is 0.298 e. The van der Waals surface area contributed by atoms with Crippen molar-refractivity contribution in [3.05, 3.63) is 34.2 Å². The van der Waals surface area contributed by atoms with Crippen molar-refractivity contribution >= 4 is 39.3 Å². The molecule has 0 saturated heterocycles. The second-order valence-corrected chi connectivity index (χ2v) is 4.50. The van der Waals surface area contributed by atoms with Crippen molar-refractivity contribution in [1.82, 2.24) is 0 Å². The predicted octanol–water partition coefficient (Wildman–Crippen LogP) is 3.76. The number of aryl methyl sites for hydroxylation is 1. The Labute approximate surface area is 91.3 Å². The van der Waals surface area contributed by atoms with Crippen molar-refractivity contribution in [3.63, 3.8) is 0 Å². The molecule has 14 heavy (non-hydrogen) atoms. The summed E-state index contributed by atoms with van der Waals surface area (Å²) in [6.45, 7) is 2.05. The van der Waals surface area contributed by atoms with E-state index in [9.17, 15) is 4.79 Å². The smallest absolute Gasteiger partial charge is 0.151 e. The highest BCUT2D eigenvalue weighted by Gasteiger charge is 2.09. The molecule has 0 spiro atoms. The average Bonchev–Trinajstić information content (AvgIpc) is 2.55. The molecule has 1 aromatic heterocycles. The van der Waals surface area contributed by atoms with Crippen molar-refractivity contribution < 1.29 is 4.79 Å². The molecule has 0 bridgehead atoms. The van der Waals surface area contributed by atoms with Crippen LogP contribution in [0.4, 0.5) is 0 Å². The van der Waals surface area contributed by atoms with Crippen LogP contribution in [0.15, 0.2) is 18.2 Å². The average molecular weight is 225 g/mol. The first-order valence-corrected chi connectivity index (χ1v) is 5.65. The molecule has 0 fully saturated rings. The molecule has 1 aromatic carbocycles. The van der Waals surface area contributed by atoms with Crippen molar-refractivity contribution in [2.24, 2.45) is 0 Å². The van der Waals surface area contributed by atoms with Crippen LogP contribution in [0.2, 0.25) is 0 Å². The third kappa shape index (κ3) is 1.35. The third-order valence-electron chi connectivity index (χ3n) is 2.34. The Balaban J connectivity index is 2.83. The second kappa shape index (κ2) is 3.71. The Morgan fingerprint density at radius 3 is 2.93 bits per heavy atom. The molecule has 0 aliphatic carbocycles. The number of aldehydes is 1. The molecule has 0 N–H and O–H groups in total. The molecule has 1 heterocycles. The lowest BCUT2D eigenvalue weighted by molar-refractivity contribution is 0.112. The number of thiophene rings is 1. The zero-order valence-corrected chi connectivity index (χ0v) is 9.28. The maximum absolute atomic E-state index is 10.8. The van der Waals surface area contributed by atoms with Crippen LogP contribution in [0.3, 0.4) is 0 Å². The quantitative estimate of drug-likeness (QED) is 0.561. The third-order valence-corrected chi connectivity index (χ3v) is 4.12. The van der Waals surface area contributed by atoms with Gasteiger partial charge < -0.3 is 0 Å². The number of hydrogen-bond acceptors (Lipinski definition) is 2. The lowest BCUT2D eigenvalue weighted by Crippen LogP contribution is -1.78. The van der Waals surface area contributed by atoms with Crippen LogP contribution in [0, 0.1) is 6.92 Å². The van der Waals surface area contributed by atoms with Crippen LogP contribution in [0.5, 0.6) is 0 Å². The second-order valence-electron chi connectivity index (χ2n) is 3.13. The van der Waals surface area contributed by atoms with E-state index in [1.165, 1.54) is 5.56 Å². The Kier molecular flexibility index (Phi) is 2.57. The summed E-state index contributed by atoms with van der Waals surface area (Å²) in [6, 6.07) is 5.78. The molecule has 2 aromatic rings. The van der Waals surface area contributed by atoms with E-state index in [1.807, 2.05) is 25.1 Å². The Morgan fingerprint density at radius 2 is 2.29 bits per heavy atom. The molecule has 72 valence electrons. The van der Waals surface area contributed by atoms with Gasteiger partial charge in [-0.2, -0.15) is 0 Å². The fourth-order valence-corrected chi connectivity index (χ4v) is 3.03. The van der Waals surface area contributed by atoms with E-state index < -0.39 is 0 Å². The molecular formula is C11H9ClOS. The van der Waals surface area contributed by atoms with Gasteiger partial charge in [0.2, 0.25) is 0 Å². The first-order chi connectivity index (χ1) is 6.77. The number of halogens is 1. The number of hydrogen-bond donors (Lipinski definition) is 0. The molecule has 0 aliphatic heterocycles. The first kappa shape index (κ1) is 9.69. The van der Waals surface area contributed by atoms with E-state index in [0.717, 1.165) is 26.8 Å². The molecule has 2 rings (SSSR count). The van der Waals surface area contributed by atoms with Crippen molar-refractivity contribution in [2.75, 3.05) is 0 Å². The highest BCUT2D eigenvalue weighted by molar-refractivity contribution is 7.19. The van der Waals surface area contributed by atoms with E-state index in [2.05, 4.69) is 0 Å². The SMILES string of the molecule is Cc1c(CCl)sc2c(C=O)cccc12. The van der Waals surface area contributed by atoms with E-state index in [4.69, 9.17) is 11.6 Å². The summed E-state index contributed by atoms with van der Waals surface area (Å²) in [6.07, 6.45) is 0.899. The van der Waals surface area contributed by atoms with Gasteiger partial charge in [-0.05, 0) is 17.9 Å². The minimum atomic E-state index is 0.517. The van der Waals surface area contributed by atoms with Crippen molar-refractivity contribution in [1.29, 1.82) is 0 Å². The van der Waals surface area contributed by atoms with Gasteiger partial charge in [-0.1, -0.05) is 18.2 Å². The number of alkyl halides is 1. The van der Waals surface area contributed by atoms with Gasteiger partial charge in [-0.15, -0.1) is 22.9 Å². The maximum Gasteiger partial charge on any atom is 0.151 e. The number of rotatable bonds is 2. The zero-order valence-electron chi connectivity index (χ0n) is 7.71. The first-order valence-electron chi connectivity index (χ1n) is 4.30. The summed E-state index contributed by atoms with van der Waals surface area (Å²) in [4.78, 5) is 12.0. The number of fused-ring (bicyclic) bond motifs is 1. The molecule has 0 aliphatic rings. The standard InChI is InChI=1S/C11H9ClOS/c1-7-9-4-2-3-8(6-13)11(9)14-10(7)5-12/h2-4,6H,5H2,1H3. The Morgan fingerprint density at radius 1 is 1.50 bits per heavy atom. The summed E-state index contributed by atoms with van der Waals surface area (Å²) in [7, 11) is 0. The summed E-state index contributed by atoms with van der Waals surface area (Å²) >= 11 is 7.43. The van der Waals surface area contributed by atoms with Crippen molar-refractivity contribution in [3.8, 4) is 0 Å². The van der Waals surface area contributed by atoms with Gasteiger partial charge in [0.05, 0.1) is 5.88 Å². The van der Waals surface area contributed by atoms with Gasteiger partial charge >= 0.3 is 0 Å². The van der Waals surface area contributed by atoms with Crippen LogP contribution in [-0.4, -0.2) is 6.29 Å². The fraction of sp³-hybridized carbons (Fsp3) is 0.182. The minimum absolute atomic E-state index is 0.517. The summed E-state index contributed by atoms with van der Waals surface area (Å²) < 4.78 is 1.05. The molecule has 0 amide bonds. The van der Waals surface area contributed by atoms with E-state index in [-0.39, 0.29) is 0 Å². The highest BCUT2D eigenvalue weighted by Crippen LogP contribution is 2.33. The molecule has 1 nitrogen and oxygen atoms in total. The fourth-order valence-electron chi connectivity index (χ4n) is 1.53. The molecule has 0 atom stereocenters. The van der Waals surface area contributed by atoms with Gasteiger partial charge in [-0.3, -0.25) is 4.79 Å². The predicted molar refractivity (Wildman–Crippen MR) is 61.5 cm³/mol. The molecule has 3 heteroatoms. The molecular weight excluding hydrogens is 216 g/mol. The van der Waals surface area contributed by atoms with Gasteiger partial charge in [-0.25, -0.2) is 0 Å².